The highest BCUT2D eigenvalue weighted by molar-refractivity contribution is 7.99. The Morgan fingerprint density at radius 2 is 1.45 bits per heavy atom. The number of halogens is 4. The van der Waals surface area contributed by atoms with E-state index in [0.29, 0.717) is 17.4 Å². The van der Waals surface area contributed by atoms with E-state index < -0.39 is 24.7 Å². The monoisotopic (exact) mass is 620 g/mol. The Kier molecular flexibility index (Phi) is 27.4. The summed E-state index contributed by atoms with van der Waals surface area (Å²) < 4.78 is 53.4. The molecule has 1 fully saturated rings. The molecule has 1 aliphatic heterocycles. The van der Waals surface area contributed by atoms with Crippen LogP contribution in [-0.4, -0.2) is 54.7 Å². The number of aryl methyl sites for hydroxylation is 3. The van der Waals surface area contributed by atoms with Crippen LogP contribution >= 0.6 is 11.8 Å². The lowest BCUT2D eigenvalue weighted by molar-refractivity contribution is -0.106. The first kappa shape index (κ1) is 44.0. The molecule has 1 aromatic carbocycles. The van der Waals surface area contributed by atoms with Crippen molar-refractivity contribution in [3.63, 3.8) is 0 Å². The number of thioether (sulfide) groups is 1. The van der Waals surface area contributed by atoms with Gasteiger partial charge >= 0.3 is 0 Å². The second kappa shape index (κ2) is 26.2. The normalized spacial score (nSPS) is 12.7. The fraction of sp³-hybridized carbons (Fsp3) is 0.594. The number of benzene rings is 1. The fourth-order valence-electron chi connectivity index (χ4n) is 2.71. The van der Waals surface area contributed by atoms with Crippen LogP contribution in [0.1, 0.15) is 88.4 Å². The van der Waals surface area contributed by atoms with Gasteiger partial charge in [-0.2, -0.15) is 11.8 Å². The quantitative estimate of drug-likeness (QED) is 0.266. The van der Waals surface area contributed by atoms with Crippen molar-refractivity contribution in [1.29, 1.82) is 0 Å². The molecule has 1 N–H and O–H groups in total. The lowest BCUT2D eigenvalue weighted by Gasteiger charge is -2.32. The van der Waals surface area contributed by atoms with E-state index >= 15 is 0 Å². The van der Waals surface area contributed by atoms with E-state index in [9.17, 15) is 22.4 Å². The summed E-state index contributed by atoms with van der Waals surface area (Å²) in [6.45, 7) is 18.7. The van der Waals surface area contributed by atoms with Crippen LogP contribution < -0.4 is 10.1 Å². The van der Waals surface area contributed by atoms with Gasteiger partial charge in [-0.1, -0.05) is 34.6 Å². The first-order chi connectivity index (χ1) is 19.7. The molecule has 242 valence electrons. The summed E-state index contributed by atoms with van der Waals surface area (Å²) in [7, 11) is 2.07. The molecule has 1 saturated heterocycles. The van der Waals surface area contributed by atoms with Gasteiger partial charge in [0.25, 0.3) is 6.43 Å². The van der Waals surface area contributed by atoms with Crippen molar-refractivity contribution in [2.24, 2.45) is 5.92 Å². The molecule has 10 heteroatoms. The van der Waals surface area contributed by atoms with Gasteiger partial charge in [0.05, 0.1) is 11.8 Å². The number of carbonyl (C=O) groups excluding carboxylic acids is 2. The molecule has 0 amide bonds. The van der Waals surface area contributed by atoms with Gasteiger partial charge in [0.2, 0.25) is 5.88 Å². The molecule has 2 heterocycles. The number of aldehydes is 2. The van der Waals surface area contributed by atoms with E-state index in [2.05, 4.69) is 61.5 Å². The van der Waals surface area contributed by atoms with Crippen LogP contribution in [0.25, 0.3) is 0 Å². The van der Waals surface area contributed by atoms with E-state index in [0.717, 1.165) is 29.5 Å². The minimum atomic E-state index is -2.55. The summed E-state index contributed by atoms with van der Waals surface area (Å²) in [4.78, 5) is 22.5. The Morgan fingerprint density at radius 3 is 1.83 bits per heavy atom. The largest absolute Gasteiger partial charge is 0.472 e. The molecule has 0 atom stereocenters. The number of hydrogen-bond donors (Lipinski definition) is 1. The summed E-state index contributed by atoms with van der Waals surface area (Å²) >= 11 is 2.07. The fourth-order valence-corrected chi connectivity index (χ4v) is 4.10. The molecule has 1 aromatic heterocycles. The van der Waals surface area contributed by atoms with Gasteiger partial charge in [0, 0.05) is 11.6 Å². The van der Waals surface area contributed by atoms with E-state index in [1.807, 2.05) is 27.7 Å². The number of ether oxygens (including phenoxy) is 1. The van der Waals surface area contributed by atoms with E-state index in [4.69, 9.17) is 4.79 Å². The third kappa shape index (κ3) is 23.1. The van der Waals surface area contributed by atoms with Crippen LogP contribution in [0.2, 0.25) is 0 Å². The lowest BCUT2D eigenvalue weighted by Crippen LogP contribution is -2.42. The molecular weight excluding hydrogens is 568 g/mol. The number of pyridine rings is 1. The Balaban J connectivity index is -0.000000480. The molecule has 3 rings (SSSR count). The van der Waals surface area contributed by atoms with Crippen molar-refractivity contribution in [2.75, 3.05) is 25.2 Å². The molecule has 0 spiro atoms. The van der Waals surface area contributed by atoms with Gasteiger partial charge in [-0.05, 0) is 101 Å². The van der Waals surface area contributed by atoms with Crippen molar-refractivity contribution >= 4 is 24.3 Å². The average molecular weight is 621 g/mol. The third-order valence-corrected chi connectivity index (χ3v) is 6.30. The highest BCUT2D eigenvalue weighted by Crippen LogP contribution is 2.25. The molecule has 1 aliphatic rings. The summed E-state index contributed by atoms with van der Waals surface area (Å²) in [5, 5.41) is 3.37. The second-order valence-corrected chi connectivity index (χ2v) is 11.2. The van der Waals surface area contributed by atoms with Crippen molar-refractivity contribution in [2.45, 2.75) is 94.0 Å². The highest BCUT2D eigenvalue weighted by Gasteiger charge is 2.24. The Bertz CT molecular complexity index is 984. The van der Waals surface area contributed by atoms with Gasteiger partial charge in [-0.3, -0.25) is 4.79 Å². The highest BCUT2D eigenvalue weighted by atomic mass is 32.2. The van der Waals surface area contributed by atoms with E-state index in [1.165, 1.54) is 50.3 Å². The van der Waals surface area contributed by atoms with E-state index in [1.54, 1.807) is 6.07 Å². The molecule has 42 heavy (non-hydrogen) atoms. The van der Waals surface area contributed by atoms with Crippen LogP contribution in [0.5, 0.6) is 5.88 Å². The minimum absolute atomic E-state index is 0.0131. The third-order valence-electron chi connectivity index (χ3n) is 5.32. The van der Waals surface area contributed by atoms with Crippen molar-refractivity contribution in [1.82, 2.24) is 10.3 Å². The standard InChI is InChI=1S/C9H9FO.C8H8F3NO.C7H15NS.C4H10.C2H4O.C2H6/c1-6-3-8(5-11)9(10)4-7(6)2;1-5-2-8(12-3-6(5)9)13-4-7(10)11;1-7(8-2)3-5-9-6-4-7;1-4(2)3;1-2-3;1-2/h3-5H,1-2H3;2-3,7H,4H2,1H3;8H,3-6H2,1-2H3;4H,1-3H3;2H,1H3;1-2H3. The first-order valence-electron chi connectivity index (χ1n) is 14.1. The molecule has 0 aliphatic carbocycles. The molecule has 5 nitrogen and oxygen atoms in total. The number of nitrogens with zero attached hydrogens (tertiary/aromatic N) is 1. The summed E-state index contributed by atoms with van der Waals surface area (Å²) in [5.74, 6) is 2.58. The number of hydrogen-bond acceptors (Lipinski definition) is 6. The number of alkyl halides is 2. The van der Waals surface area contributed by atoms with Crippen LogP contribution in [-0.2, 0) is 4.79 Å². The topological polar surface area (TPSA) is 68.3 Å². The SMILES string of the molecule is CC.CC(C)C.CC=O.CNC1(C)CCSCC1.Cc1cc(F)c(C=O)cc1C.Cc1cc(OCC(F)F)ncc1F. The zero-order valence-electron chi connectivity index (χ0n) is 27.2. The minimum Gasteiger partial charge on any atom is -0.472 e. The Morgan fingerprint density at radius 1 is 0.976 bits per heavy atom. The number of aromatic nitrogens is 1. The number of nitrogens with one attached hydrogen (secondary N) is 1. The van der Waals surface area contributed by atoms with E-state index in [-0.39, 0.29) is 11.4 Å². The van der Waals surface area contributed by atoms with Gasteiger partial charge in [-0.25, -0.2) is 22.5 Å². The maximum Gasteiger partial charge on any atom is 0.272 e. The smallest absolute Gasteiger partial charge is 0.272 e. The number of rotatable bonds is 5. The van der Waals surface area contributed by atoms with Crippen LogP contribution in [0.4, 0.5) is 17.6 Å². The molecule has 0 radical (unpaired) electrons. The van der Waals surface area contributed by atoms with Crippen molar-refractivity contribution < 1.29 is 31.9 Å². The average Bonchev–Trinajstić information content (AvgIpc) is 2.94. The van der Waals surface area contributed by atoms with Gasteiger partial charge in [0.15, 0.2) is 12.9 Å². The summed E-state index contributed by atoms with van der Waals surface area (Å²) in [6, 6.07) is 4.20. The Hall–Kier alpha value is -2.46. The molecule has 0 bridgehead atoms. The van der Waals surface area contributed by atoms with Crippen molar-refractivity contribution in [3.05, 3.63) is 58.3 Å². The maximum absolute atomic E-state index is 12.8. The van der Waals surface area contributed by atoms with Gasteiger partial charge in [0.1, 0.15) is 17.9 Å². The molecule has 2 aromatic rings. The van der Waals surface area contributed by atoms with Crippen LogP contribution in [0.3, 0.4) is 0 Å². The molecular formula is C32H52F4N2O3S. The zero-order chi connectivity index (χ0) is 33.3. The summed E-state index contributed by atoms with van der Waals surface area (Å²) in [6.07, 6.45) is 2.33. The lowest BCUT2D eigenvalue weighted by atomic mass is 9.95. The first-order valence-corrected chi connectivity index (χ1v) is 15.2. The van der Waals surface area contributed by atoms with Crippen LogP contribution in [0, 0.1) is 38.3 Å². The predicted octanol–water partition coefficient (Wildman–Crippen LogP) is 8.81. The predicted molar refractivity (Wildman–Crippen MR) is 169 cm³/mol. The number of carbonyl (C=O) groups is 2. The van der Waals surface area contributed by atoms with Crippen LogP contribution in [0.15, 0.2) is 24.4 Å². The second-order valence-electron chi connectivity index (χ2n) is 9.94. The Labute approximate surface area is 255 Å². The zero-order valence-corrected chi connectivity index (χ0v) is 28.1. The van der Waals surface area contributed by atoms with Gasteiger partial charge < -0.3 is 14.8 Å². The molecule has 0 saturated carbocycles. The molecule has 0 unspecified atom stereocenters. The van der Waals surface area contributed by atoms with Gasteiger partial charge in [-0.15, -0.1) is 0 Å². The van der Waals surface area contributed by atoms with Crippen molar-refractivity contribution in [3.8, 4) is 5.88 Å². The summed E-state index contributed by atoms with van der Waals surface area (Å²) in [5.41, 5.74) is 2.71. The maximum atomic E-state index is 12.8.